The topological polar surface area (TPSA) is 93.4 Å². The highest BCUT2D eigenvalue weighted by Crippen LogP contribution is 2.28. The number of hydrogen-bond donors (Lipinski definition) is 3. The Kier molecular flexibility index (Phi) is 6.33. The Hall–Kier alpha value is -2.86. The molecule has 6 heteroatoms. The number of benzene rings is 2. The molecule has 6 nitrogen and oxygen atoms in total. The van der Waals surface area contributed by atoms with Crippen molar-refractivity contribution in [2.75, 3.05) is 24.3 Å². The van der Waals surface area contributed by atoms with E-state index in [9.17, 15) is 9.59 Å². The van der Waals surface area contributed by atoms with Crippen LogP contribution in [0.15, 0.2) is 48.5 Å². The molecule has 0 aromatic heterocycles. The third-order valence-electron chi connectivity index (χ3n) is 3.34. The molecule has 0 atom stereocenters. The molecule has 0 fully saturated rings. The largest absolute Gasteiger partial charge is 0.494 e. The van der Waals surface area contributed by atoms with Crippen LogP contribution in [0.2, 0.25) is 0 Å². The number of ether oxygens (including phenoxy) is 1. The van der Waals surface area contributed by atoms with Gasteiger partial charge in [0.15, 0.2) is 0 Å². The highest BCUT2D eigenvalue weighted by Gasteiger charge is 2.10. The highest BCUT2D eigenvalue weighted by atomic mass is 16.5. The molecule has 126 valence electrons. The summed E-state index contributed by atoms with van der Waals surface area (Å²) in [6, 6.07) is 14.5. The quantitative estimate of drug-likeness (QED) is 0.726. The minimum Gasteiger partial charge on any atom is -0.494 e. The monoisotopic (exact) mass is 327 g/mol. The summed E-state index contributed by atoms with van der Waals surface area (Å²) in [7, 11) is 1.51. The first-order valence-corrected chi connectivity index (χ1v) is 7.64. The summed E-state index contributed by atoms with van der Waals surface area (Å²) in [5.41, 5.74) is 7.42. The maximum Gasteiger partial charge on any atom is 0.228 e. The zero-order valence-corrected chi connectivity index (χ0v) is 13.5. The molecule has 0 unspecified atom stereocenters. The van der Waals surface area contributed by atoms with E-state index in [4.69, 9.17) is 10.5 Å². The van der Waals surface area contributed by atoms with Gasteiger partial charge in [0.25, 0.3) is 0 Å². The normalized spacial score (nSPS) is 10.1. The Morgan fingerprint density at radius 1 is 1.04 bits per heavy atom. The second kappa shape index (κ2) is 8.69. The van der Waals surface area contributed by atoms with E-state index in [-0.39, 0.29) is 31.2 Å². The lowest BCUT2D eigenvalue weighted by Gasteiger charge is -2.12. The Labute approximate surface area is 141 Å². The maximum absolute atomic E-state index is 12.1. The van der Waals surface area contributed by atoms with Crippen LogP contribution in [0.25, 0.3) is 0 Å². The molecule has 2 aromatic carbocycles. The molecule has 0 bridgehead atoms. The first-order chi connectivity index (χ1) is 11.6. The van der Waals surface area contributed by atoms with Gasteiger partial charge in [0.2, 0.25) is 11.8 Å². The molecule has 0 aliphatic rings. The number of anilines is 2. The number of carbonyl (C=O) groups is 2. The molecule has 4 N–H and O–H groups in total. The van der Waals surface area contributed by atoms with E-state index in [2.05, 4.69) is 10.6 Å². The zero-order valence-electron chi connectivity index (χ0n) is 13.5. The standard InChI is InChI=1S/C18H21N3O3/c1-24-16-12-14(20-17(22)9-10-19)7-8-15(16)21-18(23)11-13-5-3-2-4-6-13/h2-8,12H,9-11,19H2,1H3,(H,20,22)(H,21,23). The Balaban J connectivity index is 2.04. The first-order valence-electron chi connectivity index (χ1n) is 7.64. The molecule has 0 saturated carbocycles. The Morgan fingerprint density at radius 2 is 1.79 bits per heavy atom. The number of amides is 2. The van der Waals surface area contributed by atoms with Crippen molar-refractivity contribution < 1.29 is 14.3 Å². The van der Waals surface area contributed by atoms with Crippen molar-refractivity contribution in [2.45, 2.75) is 12.8 Å². The van der Waals surface area contributed by atoms with E-state index in [1.54, 1.807) is 18.2 Å². The van der Waals surface area contributed by atoms with E-state index in [0.29, 0.717) is 17.1 Å². The number of nitrogens with one attached hydrogen (secondary N) is 2. The molecule has 0 saturated heterocycles. The summed E-state index contributed by atoms with van der Waals surface area (Å²) in [6.45, 7) is 0.288. The van der Waals surface area contributed by atoms with E-state index in [0.717, 1.165) is 5.56 Å². The number of hydrogen-bond acceptors (Lipinski definition) is 4. The van der Waals surface area contributed by atoms with Crippen LogP contribution in [0, 0.1) is 0 Å². The molecular formula is C18H21N3O3. The van der Waals surface area contributed by atoms with Gasteiger partial charge in [-0.1, -0.05) is 30.3 Å². The maximum atomic E-state index is 12.1. The van der Waals surface area contributed by atoms with Gasteiger partial charge in [0.1, 0.15) is 5.75 Å². The smallest absolute Gasteiger partial charge is 0.228 e. The third-order valence-corrected chi connectivity index (χ3v) is 3.34. The number of carbonyl (C=O) groups excluding carboxylic acids is 2. The van der Waals surface area contributed by atoms with Gasteiger partial charge in [-0.05, 0) is 17.7 Å². The van der Waals surface area contributed by atoms with Crippen LogP contribution in [-0.2, 0) is 16.0 Å². The fourth-order valence-corrected chi connectivity index (χ4v) is 2.20. The number of nitrogens with two attached hydrogens (primary N) is 1. The third kappa shape index (κ3) is 5.10. The van der Waals surface area contributed by atoms with Gasteiger partial charge in [-0.25, -0.2) is 0 Å². The van der Waals surface area contributed by atoms with E-state index in [1.165, 1.54) is 7.11 Å². The molecule has 24 heavy (non-hydrogen) atoms. The number of rotatable bonds is 7. The van der Waals surface area contributed by atoms with Gasteiger partial charge in [-0.15, -0.1) is 0 Å². The lowest BCUT2D eigenvalue weighted by molar-refractivity contribution is -0.116. The molecule has 0 aliphatic heterocycles. The van der Waals surface area contributed by atoms with Gasteiger partial charge in [-0.3, -0.25) is 9.59 Å². The fraction of sp³-hybridized carbons (Fsp3) is 0.222. The van der Waals surface area contributed by atoms with Crippen LogP contribution in [-0.4, -0.2) is 25.5 Å². The summed E-state index contributed by atoms with van der Waals surface area (Å²) >= 11 is 0. The Morgan fingerprint density at radius 3 is 2.46 bits per heavy atom. The van der Waals surface area contributed by atoms with Gasteiger partial charge in [0, 0.05) is 24.7 Å². The summed E-state index contributed by atoms with van der Waals surface area (Å²) < 4.78 is 5.29. The molecule has 2 aromatic rings. The van der Waals surface area contributed by atoms with Crippen LogP contribution in [0.3, 0.4) is 0 Å². The van der Waals surface area contributed by atoms with Crippen LogP contribution >= 0.6 is 0 Å². The minimum atomic E-state index is -0.166. The van der Waals surface area contributed by atoms with E-state index >= 15 is 0 Å². The van der Waals surface area contributed by atoms with Crippen molar-refractivity contribution in [3.63, 3.8) is 0 Å². The SMILES string of the molecule is COc1cc(NC(=O)CCN)ccc1NC(=O)Cc1ccccc1. The lowest BCUT2D eigenvalue weighted by atomic mass is 10.1. The predicted molar refractivity (Wildman–Crippen MR) is 94.1 cm³/mol. The molecule has 0 spiro atoms. The molecule has 0 radical (unpaired) electrons. The van der Waals surface area contributed by atoms with Crippen molar-refractivity contribution in [3.05, 3.63) is 54.1 Å². The van der Waals surface area contributed by atoms with Gasteiger partial charge in [0.05, 0.1) is 19.2 Å². The average molecular weight is 327 g/mol. The average Bonchev–Trinajstić information content (AvgIpc) is 2.57. The Bertz CT molecular complexity index is 702. The summed E-state index contributed by atoms with van der Waals surface area (Å²) in [5.74, 6) is 0.168. The summed E-state index contributed by atoms with van der Waals surface area (Å²) in [5, 5.41) is 5.55. The van der Waals surface area contributed by atoms with Crippen molar-refractivity contribution in [2.24, 2.45) is 5.73 Å². The second-order valence-electron chi connectivity index (χ2n) is 5.21. The minimum absolute atomic E-state index is 0.139. The molecule has 0 heterocycles. The van der Waals surface area contributed by atoms with Crippen molar-refractivity contribution in [1.29, 1.82) is 0 Å². The van der Waals surface area contributed by atoms with Gasteiger partial charge >= 0.3 is 0 Å². The predicted octanol–water partition coefficient (Wildman–Crippen LogP) is 2.16. The molecule has 0 aliphatic carbocycles. The van der Waals surface area contributed by atoms with E-state index in [1.807, 2.05) is 30.3 Å². The second-order valence-corrected chi connectivity index (χ2v) is 5.21. The van der Waals surface area contributed by atoms with Gasteiger partial charge < -0.3 is 21.1 Å². The first kappa shape index (κ1) is 17.5. The van der Waals surface area contributed by atoms with E-state index < -0.39 is 0 Å². The fourth-order valence-electron chi connectivity index (χ4n) is 2.20. The van der Waals surface area contributed by atoms with Crippen molar-refractivity contribution >= 4 is 23.2 Å². The molecular weight excluding hydrogens is 306 g/mol. The summed E-state index contributed by atoms with van der Waals surface area (Å²) in [4.78, 5) is 23.7. The van der Waals surface area contributed by atoms with Crippen LogP contribution in [0.4, 0.5) is 11.4 Å². The highest BCUT2D eigenvalue weighted by molar-refractivity contribution is 5.95. The van der Waals surface area contributed by atoms with Crippen molar-refractivity contribution in [3.8, 4) is 5.75 Å². The molecule has 2 rings (SSSR count). The van der Waals surface area contributed by atoms with Crippen LogP contribution < -0.4 is 21.1 Å². The van der Waals surface area contributed by atoms with Crippen molar-refractivity contribution in [1.82, 2.24) is 0 Å². The zero-order chi connectivity index (χ0) is 17.4. The van der Waals surface area contributed by atoms with Crippen LogP contribution in [0.1, 0.15) is 12.0 Å². The summed E-state index contributed by atoms with van der Waals surface area (Å²) in [6.07, 6.45) is 0.525. The lowest BCUT2D eigenvalue weighted by Crippen LogP contribution is -2.17. The van der Waals surface area contributed by atoms with Gasteiger partial charge in [-0.2, -0.15) is 0 Å². The van der Waals surface area contributed by atoms with Crippen LogP contribution in [0.5, 0.6) is 5.75 Å². The molecule has 2 amide bonds. The number of methoxy groups -OCH3 is 1.